The van der Waals surface area contributed by atoms with Crippen LogP contribution >= 0.6 is 0 Å². The van der Waals surface area contributed by atoms with Crippen molar-refractivity contribution in [1.29, 1.82) is 0 Å². The van der Waals surface area contributed by atoms with Gasteiger partial charge in [0.1, 0.15) is 24.1 Å². The van der Waals surface area contributed by atoms with Crippen molar-refractivity contribution in [1.82, 2.24) is 9.47 Å². The topological polar surface area (TPSA) is 76.0 Å². The number of carbonyl (C=O) groups excluding carboxylic acids is 2. The molecule has 1 aliphatic rings. The van der Waals surface area contributed by atoms with Crippen molar-refractivity contribution in [3.05, 3.63) is 102 Å². The molecule has 5 rings (SSSR count). The lowest BCUT2D eigenvalue weighted by atomic mass is 9.96. The van der Waals surface area contributed by atoms with Crippen molar-refractivity contribution in [2.75, 3.05) is 31.0 Å². The molecule has 2 heterocycles. The van der Waals surface area contributed by atoms with Crippen molar-refractivity contribution < 1.29 is 19.1 Å². The second-order valence-corrected chi connectivity index (χ2v) is 10.0. The minimum absolute atomic E-state index is 0.118. The van der Waals surface area contributed by atoms with Gasteiger partial charge in [0.25, 0.3) is 0 Å². The zero-order valence-electron chi connectivity index (χ0n) is 23.4. The fraction of sp³-hybridized carbons (Fsp3) is 0.250. The third kappa shape index (κ3) is 4.88. The van der Waals surface area contributed by atoms with E-state index in [9.17, 15) is 9.59 Å². The van der Waals surface area contributed by atoms with Crippen LogP contribution in [-0.4, -0.2) is 48.2 Å². The number of carbonyl (C=O) groups is 2. The van der Waals surface area contributed by atoms with E-state index >= 15 is 0 Å². The number of nitrogens with one attached hydrogen (secondary N) is 1. The van der Waals surface area contributed by atoms with Gasteiger partial charge in [0.2, 0.25) is 5.91 Å². The molecule has 8 nitrogen and oxygen atoms in total. The van der Waals surface area contributed by atoms with Gasteiger partial charge < -0.3 is 24.3 Å². The van der Waals surface area contributed by atoms with Gasteiger partial charge >= 0.3 is 6.03 Å². The van der Waals surface area contributed by atoms with E-state index in [0.29, 0.717) is 17.2 Å². The number of amides is 3. The van der Waals surface area contributed by atoms with Crippen LogP contribution in [0.3, 0.4) is 0 Å². The third-order valence-electron chi connectivity index (χ3n) is 7.30. The molecule has 1 N–H and O–H groups in total. The second kappa shape index (κ2) is 11.2. The number of anilines is 2. The van der Waals surface area contributed by atoms with Crippen LogP contribution in [0.2, 0.25) is 0 Å². The number of aryl methyl sites for hydroxylation is 1. The minimum Gasteiger partial charge on any atom is -0.497 e. The first-order valence-electron chi connectivity index (χ1n) is 13.3. The van der Waals surface area contributed by atoms with Gasteiger partial charge in [-0.2, -0.15) is 0 Å². The number of hydrogen-bond donors (Lipinski definition) is 1. The molecular formula is C32H34N4O4. The van der Waals surface area contributed by atoms with Gasteiger partial charge in [0.05, 0.1) is 31.3 Å². The van der Waals surface area contributed by atoms with Crippen LogP contribution in [0.15, 0.2) is 85.1 Å². The number of benzene rings is 3. The van der Waals surface area contributed by atoms with E-state index in [-0.39, 0.29) is 24.5 Å². The van der Waals surface area contributed by atoms with Crippen LogP contribution in [0.4, 0.5) is 16.2 Å². The summed E-state index contributed by atoms with van der Waals surface area (Å²) >= 11 is 0. The highest BCUT2D eigenvalue weighted by Gasteiger charge is 2.39. The van der Waals surface area contributed by atoms with E-state index in [4.69, 9.17) is 9.47 Å². The van der Waals surface area contributed by atoms with Gasteiger partial charge in [-0.25, -0.2) is 4.79 Å². The van der Waals surface area contributed by atoms with E-state index in [0.717, 1.165) is 28.2 Å². The van der Waals surface area contributed by atoms with E-state index in [1.165, 1.54) is 0 Å². The molecule has 1 aromatic heterocycles. The highest BCUT2D eigenvalue weighted by molar-refractivity contribution is 6.01. The predicted molar refractivity (Wildman–Crippen MR) is 157 cm³/mol. The summed E-state index contributed by atoms with van der Waals surface area (Å²) < 4.78 is 13.4. The maximum absolute atomic E-state index is 14.4. The molecule has 8 heteroatoms. The van der Waals surface area contributed by atoms with E-state index in [1.54, 1.807) is 24.0 Å². The lowest BCUT2D eigenvalue weighted by Crippen LogP contribution is -2.49. The van der Waals surface area contributed by atoms with Gasteiger partial charge in [0.15, 0.2) is 0 Å². The van der Waals surface area contributed by atoms with Gasteiger partial charge in [-0.1, -0.05) is 30.3 Å². The summed E-state index contributed by atoms with van der Waals surface area (Å²) in [7, 11) is 3.23. The first-order chi connectivity index (χ1) is 19.3. The molecule has 1 atom stereocenters. The smallest absolute Gasteiger partial charge is 0.322 e. The Balaban J connectivity index is 1.58. The van der Waals surface area contributed by atoms with Crippen molar-refractivity contribution >= 4 is 23.3 Å². The summed E-state index contributed by atoms with van der Waals surface area (Å²) in [4.78, 5) is 31.2. The molecule has 0 spiro atoms. The fourth-order valence-corrected chi connectivity index (χ4v) is 5.22. The maximum Gasteiger partial charge on any atom is 0.322 e. The average molecular weight is 539 g/mol. The summed E-state index contributed by atoms with van der Waals surface area (Å²) in [6.45, 7) is 5.63. The summed E-state index contributed by atoms with van der Waals surface area (Å²) in [5.74, 6) is 1.07. The van der Waals surface area contributed by atoms with Crippen LogP contribution in [0.1, 0.15) is 36.7 Å². The van der Waals surface area contributed by atoms with Gasteiger partial charge in [0, 0.05) is 23.5 Å². The molecule has 0 aliphatic carbocycles. The quantitative estimate of drug-likeness (QED) is 0.305. The standard InChI is InChI=1S/C32H34N4O4/c1-21(2)35(32(38)33-25-12-7-6-11-22(25)3)20-30(37)36-27-14-9-8-13-26(27)34-18-10-15-28(34)31(36)24-19-23(39-4)16-17-29(24)40-5/h6-19,21,31H,20H2,1-5H3,(H,33,38). The van der Waals surface area contributed by atoms with Crippen molar-refractivity contribution in [2.45, 2.75) is 32.9 Å². The van der Waals surface area contributed by atoms with Crippen LogP contribution in [-0.2, 0) is 4.79 Å². The lowest BCUT2D eigenvalue weighted by Gasteiger charge is -2.40. The molecule has 1 unspecified atom stereocenters. The summed E-state index contributed by atoms with van der Waals surface area (Å²) in [5, 5.41) is 2.98. The molecular weight excluding hydrogens is 504 g/mol. The molecule has 4 aromatic rings. The van der Waals surface area contributed by atoms with Crippen LogP contribution in [0, 0.1) is 6.92 Å². The number of nitrogens with zero attached hydrogens (tertiary/aromatic N) is 3. The first-order valence-corrected chi connectivity index (χ1v) is 13.3. The molecule has 1 aliphatic heterocycles. The zero-order chi connectivity index (χ0) is 28.4. The molecule has 3 aromatic carbocycles. The Labute approximate surface area is 234 Å². The monoisotopic (exact) mass is 538 g/mol. The number of fused-ring (bicyclic) bond motifs is 3. The summed E-state index contributed by atoms with van der Waals surface area (Å²) in [6, 6.07) is 23.9. The Morgan fingerprint density at radius 3 is 2.35 bits per heavy atom. The Kier molecular flexibility index (Phi) is 7.51. The van der Waals surface area contributed by atoms with E-state index in [2.05, 4.69) is 9.88 Å². The lowest BCUT2D eigenvalue weighted by molar-refractivity contribution is -0.119. The minimum atomic E-state index is -0.518. The van der Waals surface area contributed by atoms with Crippen molar-refractivity contribution in [2.24, 2.45) is 0 Å². The molecule has 0 fully saturated rings. The first kappa shape index (κ1) is 26.9. The molecule has 0 saturated heterocycles. The number of hydrogen-bond acceptors (Lipinski definition) is 4. The van der Waals surface area contributed by atoms with Crippen LogP contribution in [0.25, 0.3) is 5.69 Å². The SMILES string of the molecule is COc1ccc(OC)c(C2c3cccn3-c3ccccc3N2C(=O)CN(C(=O)Nc2ccccc2C)C(C)C)c1. The van der Waals surface area contributed by atoms with Gasteiger partial charge in [-0.05, 0) is 74.9 Å². The average Bonchev–Trinajstić information content (AvgIpc) is 3.46. The Hall–Kier alpha value is -4.72. The zero-order valence-corrected chi connectivity index (χ0v) is 23.4. The van der Waals surface area contributed by atoms with E-state index < -0.39 is 6.04 Å². The second-order valence-electron chi connectivity index (χ2n) is 10.0. The molecule has 0 radical (unpaired) electrons. The van der Waals surface area contributed by atoms with Gasteiger partial charge in [-0.3, -0.25) is 9.69 Å². The predicted octanol–water partition coefficient (Wildman–Crippen LogP) is 6.18. The Morgan fingerprint density at radius 1 is 0.925 bits per heavy atom. The highest BCUT2D eigenvalue weighted by Crippen LogP contribution is 2.45. The Morgan fingerprint density at radius 2 is 1.65 bits per heavy atom. The summed E-state index contributed by atoms with van der Waals surface area (Å²) in [6.07, 6.45) is 1.99. The van der Waals surface area contributed by atoms with Crippen LogP contribution in [0.5, 0.6) is 11.5 Å². The molecule has 0 bridgehead atoms. The number of rotatable bonds is 7. The number of para-hydroxylation sites is 3. The largest absolute Gasteiger partial charge is 0.497 e. The highest BCUT2D eigenvalue weighted by atomic mass is 16.5. The normalized spacial score (nSPS) is 13.8. The number of methoxy groups -OCH3 is 2. The van der Waals surface area contributed by atoms with Crippen LogP contribution < -0.4 is 19.7 Å². The fourth-order valence-electron chi connectivity index (χ4n) is 5.22. The summed E-state index contributed by atoms with van der Waals surface area (Å²) in [5.41, 5.74) is 4.97. The molecule has 3 amide bonds. The third-order valence-corrected chi connectivity index (χ3v) is 7.30. The number of aromatic nitrogens is 1. The molecule has 0 saturated carbocycles. The molecule has 40 heavy (non-hydrogen) atoms. The molecule has 206 valence electrons. The Bertz CT molecular complexity index is 1540. The van der Waals surface area contributed by atoms with Crippen molar-refractivity contribution in [3.8, 4) is 17.2 Å². The number of urea groups is 1. The maximum atomic E-state index is 14.4. The number of ether oxygens (including phenoxy) is 2. The van der Waals surface area contributed by atoms with E-state index in [1.807, 2.05) is 106 Å². The van der Waals surface area contributed by atoms with Gasteiger partial charge in [-0.15, -0.1) is 0 Å². The van der Waals surface area contributed by atoms with Crippen molar-refractivity contribution in [3.63, 3.8) is 0 Å².